The summed E-state index contributed by atoms with van der Waals surface area (Å²) in [6.45, 7) is 3.92. The summed E-state index contributed by atoms with van der Waals surface area (Å²) in [5, 5.41) is 12.1. The predicted octanol–water partition coefficient (Wildman–Crippen LogP) is 2.47. The third-order valence-electron chi connectivity index (χ3n) is 4.11. The van der Waals surface area contributed by atoms with Crippen LogP contribution in [0.5, 0.6) is 5.75 Å². The zero-order chi connectivity index (χ0) is 14.7. The molecule has 5 heteroatoms. The van der Waals surface area contributed by atoms with Crippen molar-refractivity contribution in [3.8, 4) is 5.75 Å². The number of hydrogen-bond acceptors (Lipinski definition) is 4. The molecule has 0 amide bonds. The van der Waals surface area contributed by atoms with Crippen LogP contribution in [0.2, 0.25) is 0 Å². The van der Waals surface area contributed by atoms with Crippen molar-refractivity contribution in [2.24, 2.45) is 0 Å². The zero-order valence-corrected chi connectivity index (χ0v) is 12.7. The minimum atomic E-state index is 0.206. The normalized spacial score (nSPS) is 15.5. The minimum absolute atomic E-state index is 0.206. The number of ether oxygens (including phenoxy) is 1. The monoisotopic (exact) mass is 286 g/mol. The Labute approximate surface area is 125 Å². The van der Waals surface area contributed by atoms with Crippen LogP contribution in [-0.4, -0.2) is 21.9 Å². The van der Waals surface area contributed by atoms with E-state index in [4.69, 9.17) is 4.74 Å². The van der Waals surface area contributed by atoms with Gasteiger partial charge in [-0.2, -0.15) is 0 Å². The first-order valence-electron chi connectivity index (χ1n) is 7.57. The molecule has 0 saturated carbocycles. The van der Waals surface area contributed by atoms with E-state index in [1.165, 1.54) is 18.4 Å². The van der Waals surface area contributed by atoms with Gasteiger partial charge in [-0.3, -0.25) is 0 Å². The molecule has 1 N–H and O–H groups in total. The van der Waals surface area contributed by atoms with Crippen LogP contribution < -0.4 is 10.1 Å². The van der Waals surface area contributed by atoms with E-state index in [-0.39, 0.29) is 6.04 Å². The highest BCUT2D eigenvalue weighted by Gasteiger charge is 2.17. The van der Waals surface area contributed by atoms with Crippen LogP contribution in [0, 0.1) is 0 Å². The Hall–Kier alpha value is -1.88. The molecule has 0 unspecified atom stereocenters. The summed E-state index contributed by atoms with van der Waals surface area (Å²) >= 11 is 0. The molecule has 1 aliphatic heterocycles. The highest BCUT2D eigenvalue weighted by atomic mass is 16.5. The third kappa shape index (κ3) is 2.93. The number of methoxy groups -OCH3 is 1. The topological polar surface area (TPSA) is 52.0 Å². The van der Waals surface area contributed by atoms with Crippen LogP contribution in [0.3, 0.4) is 0 Å². The third-order valence-corrected chi connectivity index (χ3v) is 4.11. The van der Waals surface area contributed by atoms with Gasteiger partial charge in [-0.25, -0.2) is 0 Å². The van der Waals surface area contributed by atoms with Gasteiger partial charge in [0.2, 0.25) is 0 Å². The van der Waals surface area contributed by atoms with Crippen LogP contribution in [0.15, 0.2) is 24.3 Å². The molecule has 1 aliphatic rings. The lowest BCUT2D eigenvalue weighted by molar-refractivity contribution is 0.400. The van der Waals surface area contributed by atoms with Crippen molar-refractivity contribution in [2.75, 3.05) is 7.11 Å². The molecule has 0 saturated heterocycles. The molecule has 0 spiro atoms. The van der Waals surface area contributed by atoms with Gasteiger partial charge in [0.1, 0.15) is 17.4 Å². The van der Waals surface area contributed by atoms with E-state index in [9.17, 15) is 0 Å². The Morgan fingerprint density at radius 2 is 2.14 bits per heavy atom. The van der Waals surface area contributed by atoms with Crippen LogP contribution in [0.4, 0.5) is 0 Å². The number of para-hydroxylation sites is 1. The summed E-state index contributed by atoms with van der Waals surface area (Å²) in [5.41, 5.74) is 1.17. The molecule has 3 rings (SSSR count). The van der Waals surface area contributed by atoms with Crippen LogP contribution >= 0.6 is 0 Å². The maximum absolute atomic E-state index is 5.42. The number of nitrogens with zero attached hydrogens (tertiary/aromatic N) is 3. The van der Waals surface area contributed by atoms with Crippen LogP contribution in [-0.2, 0) is 19.5 Å². The zero-order valence-electron chi connectivity index (χ0n) is 12.7. The molecule has 5 nitrogen and oxygen atoms in total. The van der Waals surface area contributed by atoms with E-state index in [1.54, 1.807) is 7.11 Å². The average Bonchev–Trinajstić information content (AvgIpc) is 2.96. The average molecular weight is 286 g/mol. The van der Waals surface area contributed by atoms with Crippen molar-refractivity contribution in [3.63, 3.8) is 0 Å². The summed E-state index contributed by atoms with van der Waals surface area (Å²) in [4.78, 5) is 0. The Balaban J connectivity index is 1.68. The molecule has 0 aliphatic carbocycles. The highest BCUT2D eigenvalue weighted by Crippen LogP contribution is 2.24. The summed E-state index contributed by atoms with van der Waals surface area (Å²) in [7, 11) is 1.71. The fraction of sp³-hybridized carbons (Fsp3) is 0.500. The van der Waals surface area contributed by atoms with Gasteiger partial charge in [0.25, 0.3) is 0 Å². The van der Waals surface area contributed by atoms with Crippen molar-refractivity contribution in [3.05, 3.63) is 41.5 Å². The first kappa shape index (κ1) is 14.1. The highest BCUT2D eigenvalue weighted by molar-refractivity contribution is 5.35. The SMILES string of the molecule is COc1ccccc1[C@H](C)NCc1nnc2n1CCCC2. The van der Waals surface area contributed by atoms with Gasteiger partial charge in [0, 0.05) is 24.6 Å². The second kappa shape index (κ2) is 6.26. The lowest BCUT2D eigenvalue weighted by Crippen LogP contribution is -2.22. The van der Waals surface area contributed by atoms with Gasteiger partial charge in [-0.1, -0.05) is 18.2 Å². The number of aromatic nitrogens is 3. The molecule has 0 fully saturated rings. The van der Waals surface area contributed by atoms with Gasteiger partial charge >= 0.3 is 0 Å². The Morgan fingerprint density at radius 3 is 3.00 bits per heavy atom. The van der Waals surface area contributed by atoms with E-state index in [0.717, 1.165) is 36.9 Å². The van der Waals surface area contributed by atoms with Gasteiger partial charge < -0.3 is 14.6 Å². The first-order valence-corrected chi connectivity index (χ1v) is 7.57. The molecule has 0 bridgehead atoms. The van der Waals surface area contributed by atoms with Crippen molar-refractivity contribution < 1.29 is 4.74 Å². The van der Waals surface area contributed by atoms with Crippen LogP contribution in [0.25, 0.3) is 0 Å². The molecule has 112 valence electrons. The van der Waals surface area contributed by atoms with E-state index in [0.29, 0.717) is 0 Å². The molecule has 1 aromatic carbocycles. The largest absolute Gasteiger partial charge is 0.496 e. The molecule has 1 aromatic heterocycles. The van der Waals surface area contributed by atoms with Gasteiger partial charge in [0.05, 0.1) is 13.7 Å². The molecule has 2 heterocycles. The van der Waals surface area contributed by atoms with E-state index in [2.05, 4.69) is 33.1 Å². The number of hydrogen-bond donors (Lipinski definition) is 1. The van der Waals surface area contributed by atoms with Crippen molar-refractivity contribution >= 4 is 0 Å². The molecule has 0 radical (unpaired) electrons. The smallest absolute Gasteiger partial charge is 0.147 e. The Morgan fingerprint density at radius 1 is 1.29 bits per heavy atom. The minimum Gasteiger partial charge on any atom is -0.496 e. The lowest BCUT2D eigenvalue weighted by Gasteiger charge is -2.18. The standard InChI is InChI=1S/C16H22N4O/c1-12(13-7-3-4-8-14(13)21-2)17-11-16-19-18-15-9-5-6-10-20(15)16/h3-4,7-8,12,17H,5-6,9-11H2,1-2H3/t12-/m0/s1. The lowest BCUT2D eigenvalue weighted by atomic mass is 10.1. The second-order valence-electron chi connectivity index (χ2n) is 5.49. The maximum Gasteiger partial charge on any atom is 0.147 e. The molecular weight excluding hydrogens is 264 g/mol. The Bertz CT molecular complexity index is 608. The number of benzene rings is 1. The van der Waals surface area contributed by atoms with Gasteiger partial charge in [-0.15, -0.1) is 10.2 Å². The molecular formula is C16H22N4O. The van der Waals surface area contributed by atoms with Crippen molar-refractivity contribution in [1.29, 1.82) is 0 Å². The molecule has 21 heavy (non-hydrogen) atoms. The fourth-order valence-electron chi connectivity index (χ4n) is 2.88. The van der Waals surface area contributed by atoms with Crippen molar-refractivity contribution in [1.82, 2.24) is 20.1 Å². The van der Waals surface area contributed by atoms with E-state index >= 15 is 0 Å². The summed E-state index contributed by atoms with van der Waals surface area (Å²) in [5.74, 6) is 3.08. The number of nitrogens with one attached hydrogen (secondary N) is 1. The maximum atomic E-state index is 5.42. The molecule has 2 aromatic rings. The quantitative estimate of drug-likeness (QED) is 0.917. The van der Waals surface area contributed by atoms with E-state index < -0.39 is 0 Å². The van der Waals surface area contributed by atoms with Gasteiger partial charge in [0.15, 0.2) is 0 Å². The fourth-order valence-corrected chi connectivity index (χ4v) is 2.88. The predicted molar refractivity (Wildman–Crippen MR) is 81.2 cm³/mol. The molecule has 1 atom stereocenters. The first-order chi connectivity index (χ1) is 10.3. The van der Waals surface area contributed by atoms with Crippen molar-refractivity contribution in [2.45, 2.75) is 45.3 Å². The summed E-state index contributed by atoms with van der Waals surface area (Å²) in [6, 6.07) is 8.32. The number of fused-ring (bicyclic) bond motifs is 1. The van der Waals surface area contributed by atoms with Crippen LogP contribution in [0.1, 0.15) is 43.0 Å². The summed E-state index contributed by atoms with van der Waals surface area (Å²) < 4.78 is 7.68. The van der Waals surface area contributed by atoms with E-state index in [1.807, 2.05) is 18.2 Å². The second-order valence-corrected chi connectivity index (χ2v) is 5.49. The number of aryl methyl sites for hydroxylation is 1. The Kier molecular flexibility index (Phi) is 4.20. The summed E-state index contributed by atoms with van der Waals surface area (Å²) in [6.07, 6.45) is 3.50. The van der Waals surface area contributed by atoms with Gasteiger partial charge in [-0.05, 0) is 25.8 Å². The number of rotatable bonds is 5.